The number of nitrogens with one attached hydrogen (secondary N) is 1. The van der Waals surface area contributed by atoms with Crippen molar-refractivity contribution in [3.63, 3.8) is 0 Å². The second kappa shape index (κ2) is 7.86. The predicted molar refractivity (Wildman–Crippen MR) is 86.6 cm³/mol. The van der Waals surface area contributed by atoms with Crippen molar-refractivity contribution in [1.82, 2.24) is 5.32 Å². The van der Waals surface area contributed by atoms with Crippen LogP contribution in [-0.4, -0.2) is 23.8 Å². The maximum Gasteiger partial charge on any atom is 0.252 e. The van der Waals surface area contributed by atoms with E-state index in [2.05, 4.69) is 5.32 Å². The fourth-order valence-corrected chi connectivity index (χ4v) is 2.69. The van der Waals surface area contributed by atoms with Gasteiger partial charge >= 0.3 is 0 Å². The van der Waals surface area contributed by atoms with E-state index in [1.807, 2.05) is 60.9 Å². The number of aliphatic hydroxyl groups is 1. The summed E-state index contributed by atoms with van der Waals surface area (Å²) in [5.74, 6) is -0.0970. The Balaban J connectivity index is 1.87. The Morgan fingerprint density at radius 2 is 1.81 bits per heavy atom. The van der Waals surface area contributed by atoms with Gasteiger partial charge in [0.1, 0.15) is 0 Å². The molecule has 0 aliphatic carbocycles. The smallest absolute Gasteiger partial charge is 0.252 e. The summed E-state index contributed by atoms with van der Waals surface area (Å²) in [4.78, 5) is 13.1. The quantitative estimate of drug-likeness (QED) is 0.805. The Morgan fingerprint density at radius 3 is 2.52 bits per heavy atom. The van der Waals surface area contributed by atoms with Gasteiger partial charge in [0.25, 0.3) is 5.91 Å². The van der Waals surface area contributed by atoms with Gasteiger partial charge in [-0.3, -0.25) is 4.79 Å². The van der Waals surface area contributed by atoms with Crippen molar-refractivity contribution in [2.24, 2.45) is 0 Å². The van der Waals surface area contributed by atoms with Crippen molar-refractivity contribution in [3.8, 4) is 0 Å². The lowest BCUT2D eigenvalue weighted by Crippen LogP contribution is -2.26. The molecule has 1 unspecified atom stereocenters. The van der Waals surface area contributed by atoms with Crippen LogP contribution in [0.25, 0.3) is 0 Å². The van der Waals surface area contributed by atoms with Crippen molar-refractivity contribution < 1.29 is 9.90 Å². The van der Waals surface area contributed by atoms with E-state index in [-0.39, 0.29) is 5.91 Å². The lowest BCUT2D eigenvalue weighted by Gasteiger charge is -2.12. The first-order valence-electron chi connectivity index (χ1n) is 6.86. The average Bonchev–Trinajstić information content (AvgIpc) is 2.55. The Bertz CT molecular complexity index is 586. The molecular formula is C17H19NO2S. The van der Waals surface area contributed by atoms with Crippen LogP contribution in [0.2, 0.25) is 0 Å². The molecule has 0 heterocycles. The van der Waals surface area contributed by atoms with E-state index in [4.69, 9.17) is 0 Å². The molecule has 0 saturated heterocycles. The molecule has 0 radical (unpaired) electrons. The molecule has 4 heteroatoms. The van der Waals surface area contributed by atoms with E-state index in [1.165, 1.54) is 0 Å². The Hall–Kier alpha value is -1.78. The molecule has 1 amide bonds. The molecule has 3 nitrogen and oxygen atoms in total. The van der Waals surface area contributed by atoms with Gasteiger partial charge in [0, 0.05) is 11.4 Å². The predicted octanol–water partition coefficient (Wildman–Crippen LogP) is 3.26. The molecular weight excluding hydrogens is 282 g/mol. The maximum absolute atomic E-state index is 12.1. The summed E-state index contributed by atoms with van der Waals surface area (Å²) in [6, 6.07) is 17.0. The van der Waals surface area contributed by atoms with Crippen LogP contribution in [0.3, 0.4) is 0 Å². The number of aliphatic hydroxyl groups excluding tert-OH is 1. The molecule has 0 spiro atoms. The van der Waals surface area contributed by atoms with Crippen molar-refractivity contribution in [2.75, 3.05) is 12.8 Å². The zero-order chi connectivity index (χ0) is 15.1. The average molecular weight is 301 g/mol. The molecule has 0 aliphatic heterocycles. The highest BCUT2D eigenvalue weighted by Crippen LogP contribution is 2.20. The number of hydrogen-bond acceptors (Lipinski definition) is 3. The first-order valence-corrected chi connectivity index (χ1v) is 8.09. The topological polar surface area (TPSA) is 49.3 Å². The third-order valence-electron chi connectivity index (χ3n) is 3.24. The van der Waals surface area contributed by atoms with Gasteiger partial charge in [-0.15, -0.1) is 11.8 Å². The highest BCUT2D eigenvalue weighted by atomic mass is 32.2. The number of rotatable bonds is 6. The van der Waals surface area contributed by atoms with Gasteiger partial charge in [0.05, 0.1) is 11.7 Å². The van der Waals surface area contributed by atoms with Gasteiger partial charge in [-0.25, -0.2) is 0 Å². The fourth-order valence-electron chi connectivity index (χ4n) is 2.09. The molecule has 110 valence electrons. The van der Waals surface area contributed by atoms with Crippen LogP contribution in [0.15, 0.2) is 59.5 Å². The largest absolute Gasteiger partial charge is 0.388 e. The maximum atomic E-state index is 12.1. The van der Waals surface area contributed by atoms with Crippen LogP contribution in [0.1, 0.15) is 28.4 Å². The molecule has 2 aromatic carbocycles. The molecule has 2 aromatic rings. The molecule has 0 aromatic heterocycles. The van der Waals surface area contributed by atoms with E-state index in [9.17, 15) is 9.90 Å². The van der Waals surface area contributed by atoms with Crippen LogP contribution in [0.5, 0.6) is 0 Å². The molecule has 0 saturated carbocycles. The van der Waals surface area contributed by atoms with Crippen molar-refractivity contribution in [2.45, 2.75) is 17.4 Å². The van der Waals surface area contributed by atoms with Gasteiger partial charge in [-0.1, -0.05) is 42.5 Å². The minimum Gasteiger partial charge on any atom is -0.388 e. The van der Waals surface area contributed by atoms with Crippen molar-refractivity contribution in [3.05, 3.63) is 65.7 Å². The summed E-state index contributed by atoms with van der Waals surface area (Å²) < 4.78 is 0. The van der Waals surface area contributed by atoms with Crippen molar-refractivity contribution >= 4 is 17.7 Å². The summed E-state index contributed by atoms with van der Waals surface area (Å²) >= 11 is 1.55. The normalized spacial score (nSPS) is 11.9. The summed E-state index contributed by atoms with van der Waals surface area (Å²) in [6.45, 7) is 0.442. The van der Waals surface area contributed by atoms with Crippen LogP contribution < -0.4 is 5.32 Å². The molecule has 0 fully saturated rings. The molecule has 2 rings (SSSR count). The lowest BCUT2D eigenvalue weighted by atomic mass is 10.1. The van der Waals surface area contributed by atoms with Crippen LogP contribution in [-0.2, 0) is 0 Å². The van der Waals surface area contributed by atoms with Crippen LogP contribution in [0.4, 0.5) is 0 Å². The van der Waals surface area contributed by atoms with Crippen LogP contribution in [0, 0.1) is 0 Å². The molecule has 1 atom stereocenters. The molecule has 0 bridgehead atoms. The van der Waals surface area contributed by atoms with Gasteiger partial charge < -0.3 is 10.4 Å². The van der Waals surface area contributed by atoms with Gasteiger partial charge in [0.2, 0.25) is 0 Å². The zero-order valence-corrected chi connectivity index (χ0v) is 12.8. The number of benzene rings is 2. The van der Waals surface area contributed by atoms with Gasteiger partial charge in [-0.2, -0.15) is 0 Å². The summed E-state index contributed by atoms with van der Waals surface area (Å²) in [5.41, 5.74) is 1.55. The first-order chi connectivity index (χ1) is 10.2. The second-order valence-electron chi connectivity index (χ2n) is 4.67. The number of carbonyl (C=O) groups excluding carboxylic acids is 1. The third kappa shape index (κ3) is 4.34. The number of carbonyl (C=O) groups is 1. The molecule has 0 aliphatic rings. The summed E-state index contributed by atoms with van der Waals surface area (Å²) in [7, 11) is 0. The van der Waals surface area contributed by atoms with E-state index < -0.39 is 6.10 Å². The monoisotopic (exact) mass is 301 g/mol. The number of hydrogen-bond donors (Lipinski definition) is 2. The Labute approximate surface area is 129 Å². The minimum absolute atomic E-state index is 0.0970. The third-order valence-corrected chi connectivity index (χ3v) is 4.04. The molecule has 21 heavy (non-hydrogen) atoms. The summed E-state index contributed by atoms with van der Waals surface area (Å²) in [6.07, 6.45) is 1.89. The Morgan fingerprint density at radius 1 is 1.14 bits per heavy atom. The molecule has 2 N–H and O–H groups in total. The van der Waals surface area contributed by atoms with E-state index >= 15 is 0 Å². The summed E-state index contributed by atoms with van der Waals surface area (Å²) in [5, 5.41) is 12.9. The van der Waals surface area contributed by atoms with Crippen LogP contribution >= 0.6 is 11.8 Å². The van der Waals surface area contributed by atoms with Gasteiger partial charge in [-0.05, 0) is 30.4 Å². The fraction of sp³-hybridized carbons (Fsp3) is 0.235. The van der Waals surface area contributed by atoms with E-state index in [0.717, 1.165) is 10.5 Å². The van der Waals surface area contributed by atoms with Gasteiger partial charge in [0.15, 0.2) is 0 Å². The highest BCUT2D eigenvalue weighted by Gasteiger charge is 2.11. The van der Waals surface area contributed by atoms with E-state index in [0.29, 0.717) is 18.5 Å². The zero-order valence-electron chi connectivity index (χ0n) is 12.0. The first kappa shape index (κ1) is 15.6. The minimum atomic E-state index is -0.553. The lowest BCUT2D eigenvalue weighted by molar-refractivity contribution is 0.0939. The number of amides is 1. The highest BCUT2D eigenvalue weighted by molar-refractivity contribution is 7.98. The SMILES string of the molecule is CSc1ccccc1C(=O)NCCC(O)c1ccccc1. The second-order valence-corrected chi connectivity index (χ2v) is 5.52. The van der Waals surface area contributed by atoms with E-state index in [1.54, 1.807) is 11.8 Å². The Kier molecular flexibility index (Phi) is 5.84. The van der Waals surface area contributed by atoms with Crippen molar-refractivity contribution in [1.29, 1.82) is 0 Å². The number of thioether (sulfide) groups is 1. The standard InChI is InChI=1S/C17H19NO2S/c1-21-16-10-6-5-9-14(16)17(20)18-12-11-15(19)13-7-3-2-4-8-13/h2-10,15,19H,11-12H2,1H3,(H,18,20).